The zero-order valence-electron chi connectivity index (χ0n) is 24.4. The summed E-state index contributed by atoms with van der Waals surface area (Å²) in [5.41, 5.74) is 12.5. The van der Waals surface area contributed by atoms with E-state index in [1.54, 1.807) is 11.1 Å². The fourth-order valence-electron chi connectivity index (χ4n) is 4.87. The van der Waals surface area contributed by atoms with Crippen LogP contribution in [0.25, 0.3) is 0 Å². The second-order valence-corrected chi connectivity index (χ2v) is 13.6. The molecule has 0 amide bonds. The second-order valence-electron chi connectivity index (χ2n) is 9.83. The van der Waals surface area contributed by atoms with Crippen molar-refractivity contribution in [2.75, 3.05) is 0 Å². The molecule has 0 N–H and O–H groups in total. The van der Waals surface area contributed by atoms with E-state index < -0.39 is 20.8 Å². The van der Waals surface area contributed by atoms with Gasteiger partial charge in [-0.3, -0.25) is 12.2 Å². The second kappa shape index (κ2) is 20.7. The quantitative estimate of drug-likeness (QED) is 0.339. The minimum Gasteiger partial charge on any atom is 4.00 e. The molecule has 0 atom stereocenters. The third kappa shape index (κ3) is 11.3. The molecule has 0 saturated heterocycles. The maximum Gasteiger partial charge on any atom is 4.00 e. The fraction of sp³-hybridized carbons (Fsp3) is 0.452. The Morgan fingerprint density at radius 3 is 1.03 bits per heavy atom. The zero-order chi connectivity index (χ0) is 25.4. The standard InChI is InChI=1S/C20H30.2C5H5.CH3.4ClH.2Zr/c1-11-13(3)17(19(7,8)15(11)5)18-14(4)12(2)16(6)20(18,9)10;2*1-2-4-5-3-1;;;;;;;/h1-10H3;2*1-3H,4H2;1H3;4*1H;;/q;3*-1;;;;;+2;+4/p-4. The molecule has 0 spiro atoms. The monoisotopic (exact) mass is 735 g/mol. The number of allylic oxidation sites excluding steroid dienone is 16. The molecule has 0 unspecified atom stereocenters. The first-order valence-corrected chi connectivity index (χ1v) is 17.9. The van der Waals surface area contributed by atoms with Crippen molar-refractivity contribution in [3.63, 3.8) is 0 Å². The van der Waals surface area contributed by atoms with E-state index in [2.05, 4.69) is 93.5 Å². The van der Waals surface area contributed by atoms with Gasteiger partial charge < -0.3 is 32.2 Å². The average molecular weight is 740 g/mol. The van der Waals surface area contributed by atoms with Gasteiger partial charge in [-0.25, -0.2) is 24.3 Å². The van der Waals surface area contributed by atoms with Gasteiger partial charge in [0.05, 0.1) is 0 Å². The van der Waals surface area contributed by atoms with Crippen molar-refractivity contribution < 1.29 is 71.9 Å². The van der Waals surface area contributed by atoms with Crippen molar-refractivity contribution >= 4 is 17.0 Å². The predicted molar refractivity (Wildman–Crippen MR) is 151 cm³/mol. The maximum atomic E-state index is 4.93. The van der Waals surface area contributed by atoms with E-state index in [0.29, 0.717) is 0 Å². The summed E-state index contributed by atoms with van der Waals surface area (Å²) in [5.74, 6) is 0. The summed E-state index contributed by atoms with van der Waals surface area (Å²) in [6.45, 7) is 23.3. The van der Waals surface area contributed by atoms with Crippen LogP contribution in [0.1, 0.15) is 82.1 Å². The van der Waals surface area contributed by atoms with E-state index in [1.165, 1.54) is 33.4 Å². The van der Waals surface area contributed by atoms with Gasteiger partial charge in [-0.1, -0.05) is 38.8 Å². The van der Waals surface area contributed by atoms with Gasteiger partial charge in [0, 0.05) is 10.8 Å². The van der Waals surface area contributed by atoms with Gasteiger partial charge in [0.2, 0.25) is 0 Å². The summed E-state index contributed by atoms with van der Waals surface area (Å²) in [5, 5.41) is 0. The van der Waals surface area contributed by atoms with Crippen LogP contribution in [0.2, 0.25) is 0 Å². The molecular weight excluding hydrogens is 697 g/mol. The Kier molecular flexibility index (Phi) is 25.1. The van der Waals surface area contributed by atoms with E-state index in [4.69, 9.17) is 17.0 Å². The molecule has 37 heavy (non-hydrogen) atoms. The minimum atomic E-state index is -0.826. The Balaban J connectivity index is -0.000000265. The summed E-state index contributed by atoms with van der Waals surface area (Å²) >= 11 is -0.826. The molecule has 4 aliphatic carbocycles. The van der Waals surface area contributed by atoms with Gasteiger partial charge in [-0.05, 0) is 75.0 Å². The maximum absolute atomic E-state index is 4.93. The first kappa shape index (κ1) is 44.9. The molecule has 0 aromatic carbocycles. The van der Waals surface area contributed by atoms with E-state index in [1.807, 2.05) is 24.3 Å². The van der Waals surface area contributed by atoms with Crippen LogP contribution in [0.4, 0.5) is 0 Å². The van der Waals surface area contributed by atoms with Crippen molar-refractivity contribution in [1.29, 1.82) is 0 Å². The van der Waals surface area contributed by atoms with E-state index in [0.717, 1.165) is 12.8 Å². The summed E-state index contributed by atoms with van der Waals surface area (Å²) in [7, 11) is 9.87. The first-order chi connectivity index (χ1) is 15.4. The smallest absolute Gasteiger partial charge is 4.00 e. The number of halogens is 4. The molecule has 0 saturated carbocycles. The average Bonchev–Trinajstić information content (AvgIpc) is 3.55. The largest absolute Gasteiger partial charge is 4.00 e. The molecule has 0 fully saturated rings. The Morgan fingerprint density at radius 2 is 0.919 bits per heavy atom. The predicted octanol–water partition coefficient (Wildman–Crippen LogP) is 4.82. The van der Waals surface area contributed by atoms with E-state index >= 15 is 0 Å². The molecule has 0 aromatic rings. The van der Waals surface area contributed by atoms with Crippen molar-refractivity contribution in [2.24, 2.45) is 10.8 Å². The van der Waals surface area contributed by atoms with Crippen LogP contribution in [0.5, 0.6) is 0 Å². The molecule has 0 radical (unpaired) electrons. The van der Waals surface area contributed by atoms with Gasteiger partial charge in [-0.15, -0.1) is 12.8 Å². The van der Waals surface area contributed by atoms with E-state index in [9.17, 15) is 0 Å². The topological polar surface area (TPSA) is 0 Å². The van der Waals surface area contributed by atoms with Gasteiger partial charge in [-0.2, -0.15) is 12.2 Å². The van der Waals surface area contributed by atoms with Crippen LogP contribution >= 0.6 is 17.0 Å². The van der Waals surface area contributed by atoms with Crippen molar-refractivity contribution in [3.05, 3.63) is 101 Å². The summed E-state index contributed by atoms with van der Waals surface area (Å²) in [6.07, 6.45) is 20.0. The molecule has 0 heterocycles. The van der Waals surface area contributed by atoms with Crippen LogP contribution < -0.4 is 24.8 Å². The van der Waals surface area contributed by atoms with Gasteiger partial charge >= 0.3 is 64.1 Å². The summed E-state index contributed by atoms with van der Waals surface area (Å²) < 4.78 is 0. The van der Waals surface area contributed by atoms with Crippen molar-refractivity contribution in [2.45, 2.75) is 82.1 Å². The normalized spacial score (nSPS) is 18.9. The van der Waals surface area contributed by atoms with Crippen molar-refractivity contribution in [1.82, 2.24) is 0 Å². The SMILES string of the molecule is CC1=C(C)C(C)(C)C(C2=C(C)C(C)=C(C)C2(C)C)=C1C.[C-]1=CC=CC1.[C-]1=CC=CC1.[CH3-].[Cl-].[Cl-].[Cl][Zr][Cl].[Zr+4]. The number of hydrogen-bond donors (Lipinski definition) is 0. The summed E-state index contributed by atoms with van der Waals surface area (Å²) in [4.78, 5) is 0. The Hall–Kier alpha value is 0.846. The zero-order valence-corrected chi connectivity index (χ0v) is 32.3. The van der Waals surface area contributed by atoms with Crippen LogP contribution in [0, 0.1) is 30.4 Å². The van der Waals surface area contributed by atoms with Gasteiger partial charge in [0.1, 0.15) is 0 Å². The summed E-state index contributed by atoms with van der Waals surface area (Å²) in [6, 6.07) is 0. The Labute approximate surface area is 279 Å². The van der Waals surface area contributed by atoms with Crippen LogP contribution in [0.3, 0.4) is 0 Å². The molecule has 0 aliphatic heterocycles. The van der Waals surface area contributed by atoms with Gasteiger partial charge in [0.15, 0.2) is 0 Å². The minimum absolute atomic E-state index is 0. The molecule has 204 valence electrons. The molecule has 0 aromatic heterocycles. The third-order valence-electron chi connectivity index (χ3n) is 7.55. The fourth-order valence-corrected chi connectivity index (χ4v) is 4.87. The molecule has 4 rings (SSSR count). The number of hydrogen-bond acceptors (Lipinski definition) is 0. The molecular formula is C31H43Cl4Zr2-. The molecule has 6 heteroatoms. The Morgan fingerprint density at radius 1 is 0.649 bits per heavy atom. The molecule has 0 nitrogen and oxygen atoms in total. The molecule has 0 bridgehead atoms. The van der Waals surface area contributed by atoms with Crippen LogP contribution in [-0.2, 0) is 47.1 Å². The van der Waals surface area contributed by atoms with Crippen molar-refractivity contribution in [3.8, 4) is 0 Å². The number of rotatable bonds is 1. The van der Waals surface area contributed by atoms with E-state index in [-0.39, 0.29) is 69.3 Å². The van der Waals surface area contributed by atoms with Crippen LogP contribution in [-0.4, -0.2) is 0 Å². The Bertz CT molecular complexity index is 871. The van der Waals surface area contributed by atoms with Crippen LogP contribution in [0.15, 0.2) is 81.0 Å². The first-order valence-electron chi connectivity index (χ1n) is 11.6. The third-order valence-corrected chi connectivity index (χ3v) is 7.55. The van der Waals surface area contributed by atoms with Gasteiger partial charge in [0.25, 0.3) is 0 Å². The molecule has 4 aliphatic rings.